The fraction of sp³-hybridized carbons (Fsp3) is 0.706. The van der Waals surface area contributed by atoms with Gasteiger partial charge in [0.2, 0.25) is 0 Å². The van der Waals surface area contributed by atoms with Crippen molar-refractivity contribution >= 4 is 5.78 Å². The van der Waals surface area contributed by atoms with Gasteiger partial charge >= 0.3 is 0 Å². The molecule has 104 valence electrons. The van der Waals surface area contributed by atoms with Gasteiger partial charge in [-0.15, -0.1) is 0 Å². The SMILES string of the molecule is CCC(=O)C=C(C)C=CCC(C)CCCC(C)C. The molecule has 0 fully saturated rings. The molecule has 0 saturated carbocycles. The lowest BCUT2D eigenvalue weighted by molar-refractivity contribution is -0.114. The van der Waals surface area contributed by atoms with Crippen molar-refractivity contribution in [3.63, 3.8) is 0 Å². The highest BCUT2D eigenvalue weighted by molar-refractivity contribution is 5.90. The summed E-state index contributed by atoms with van der Waals surface area (Å²) < 4.78 is 0. The molecule has 0 aromatic carbocycles. The van der Waals surface area contributed by atoms with E-state index >= 15 is 0 Å². The third kappa shape index (κ3) is 10.3. The smallest absolute Gasteiger partial charge is 0.155 e. The van der Waals surface area contributed by atoms with Gasteiger partial charge < -0.3 is 0 Å². The molecule has 0 saturated heterocycles. The van der Waals surface area contributed by atoms with Gasteiger partial charge in [0.25, 0.3) is 0 Å². The Hall–Kier alpha value is -0.850. The summed E-state index contributed by atoms with van der Waals surface area (Å²) in [4.78, 5) is 11.2. The molecule has 0 bridgehead atoms. The van der Waals surface area contributed by atoms with E-state index in [0.717, 1.165) is 23.8 Å². The van der Waals surface area contributed by atoms with Gasteiger partial charge in [-0.25, -0.2) is 0 Å². The van der Waals surface area contributed by atoms with E-state index in [-0.39, 0.29) is 5.78 Å². The molecular weight excluding hydrogens is 220 g/mol. The highest BCUT2D eigenvalue weighted by Gasteiger charge is 2.01. The standard InChI is InChI=1S/C17H30O/c1-6-17(18)13-16(5)12-8-11-15(4)10-7-9-14(2)3/h8,12-15H,6-7,9-11H2,1-5H3. The van der Waals surface area contributed by atoms with Gasteiger partial charge in [0, 0.05) is 6.42 Å². The van der Waals surface area contributed by atoms with Crippen molar-refractivity contribution in [1.82, 2.24) is 0 Å². The Balaban J connectivity index is 3.86. The third-order valence-corrected chi connectivity index (χ3v) is 3.13. The van der Waals surface area contributed by atoms with Gasteiger partial charge in [-0.1, -0.05) is 59.1 Å². The fourth-order valence-electron chi connectivity index (χ4n) is 1.88. The number of hydrogen-bond acceptors (Lipinski definition) is 1. The average molecular weight is 250 g/mol. The largest absolute Gasteiger partial charge is 0.295 e. The summed E-state index contributed by atoms with van der Waals surface area (Å²) in [6.45, 7) is 10.8. The topological polar surface area (TPSA) is 17.1 Å². The summed E-state index contributed by atoms with van der Waals surface area (Å²) in [6.07, 6.45) is 11.7. The number of carbonyl (C=O) groups is 1. The zero-order valence-corrected chi connectivity index (χ0v) is 12.8. The first kappa shape index (κ1) is 17.2. The van der Waals surface area contributed by atoms with Gasteiger partial charge in [0.05, 0.1) is 0 Å². The number of allylic oxidation sites excluding steroid dienone is 4. The number of carbonyl (C=O) groups excluding carboxylic acids is 1. The summed E-state index contributed by atoms with van der Waals surface area (Å²) in [7, 11) is 0. The summed E-state index contributed by atoms with van der Waals surface area (Å²) >= 11 is 0. The van der Waals surface area contributed by atoms with Crippen LogP contribution in [0.3, 0.4) is 0 Å². The highest BCUT2D eigenvalue weighted by Crippen LogP contribution is 2.15. The number of ketones is 1. The van der Waals surface area contributed by atoms with E-state index in [2.05, 4.69) is 32.9 Å². The minimum Gasteiger partial charge on any atom is -0.295 e. The second-order valence-electron chi connectivity index (χ2n) is 5.78. The van der Waals surface area contributed by atoms with Crippen LogP contribution in [0, 0.1) is 11.8 Å². The number of rotatable bonds is 9. The van der Waals surface area contributed by atoms with E-state index < -0.39 is 0 Å². The first-order valence-electron chi connectivity index (χ1n) is 7.33. The van der Waals surface area contributed by atoms with Crippen molar-refractivity contribution in [3.8, 4) is 0 Å². The Kier molecular flexibility index (Phi) is 9.63. The zero-order valence-electron chi connectivity index (χ0n) is 12.8. The van der Waals surface area contributed by atoms with Gasteiger partial charge in [-0.2, -0.15) is 0 Å². The molecule has 0 heterocycles. The molecule has 1 atom stereocenters. The molecule has 0 rings (SSSR count). The van der Waals surface area contributed by atoms with Crippen LogP contribution in [0.5, 0.6) is 0 Å². The molecule has 1 heteroatoms. The highest BCUT2D eigenvalue weighted by atomic mass is 16.1. The minimum absolute atomic E-state index is 0.210. The van der Waals surface area contributed by atoms with E-state index in [1.54, 1.807) is 6.08 Å². The van der Waals surface area contributed by atoms with Crippen LogP contribution < -0.4 is 0 Å². The van der Waals surface area contributed by atoms with Gasteiger partial charge in [0.1, 0.15) is 0 Å². The van der Waals surface area contributed by atoms with Crippen LogP contribution in [0.4, 0.5) is 0 Å². The molecule has 1 unspecified atom stereocenters. The molecule has 0 aliphatic heterocycles. The minimum atomic E-state index is 0.210. The van der Waals surface area contributed by atoms with E-state index in [4.69, 9.17) is 0 Å². The molecule has 0 aliphatic carbocycles. The summed E-state index contributed by atoms with van der Waals surface area (Å²) in [6, 6.07) is 0. The molecule has 0 aliphatic rings. The van der Waals surface area contributed by atoms with Crippen molar-refractivity contribution in [3.05, 3.63) is 23.8 Å². The molecule has 1 nitrogen and oxygen atoms in total. The maximum atomic E-state index is 11.2. The summed E-state index contributed by atoms with van der Waals surface area (Å²) in [5.74, 6) is 1.77. The van der Waals surface area contributed by atoms with E-state index in [9.17, 15) is 4.79 Å². The Morgan fingerprint density at radius 3 is 2.39 bits per heavy atom. The fourth-order valence-corrected chi connectivity index (χ4v) is 1.88. The maximum absolute atomic E-state index is 11.2. The first-order valence-corrected chi connectivity index (χ1v) is 7.33. The summed E-state index contributed by atoms with van der Waals surface area (Å²) in [5.41, 5.74) is 1.07. The molecule has 0 radical (unpaired) electrons. The van der Waals surface area contributed by atoms with Crippen LogP contribution in [0.2, 0.25) is 0 Å². The molecule has 0 aromatic rings. The molecule has 0 spiro atoms. The van der Waals surface area contributed by atoms with Crippen LogP contribution >= 0.6 is 0 Å². The Morgan fingerprint density at radius 1 is 1.17 bits per heavy atom. The lowest BCUT2D eigenvalue weighted by Gasteiger charge is -2.09. The van der Waals surface area contributed by atoms with Crippen molar-refractivity contribution < 1.29 is 4.79 Å². The first-order chi connectivity index (χ1) is 8.45. The predicted octanol–water partition coefficient (Wildman–Crippen LogP) is 5.32. The monoisotopic (exact) mass is 250 g/mol. The molecule has 18 heavy (non-hydrogen) atoms. The van der Waals surface area contributed by atoms with Crippen LogP contribution in [0.15, 0.2) is 23.8 Å². The van der Waals surface area contributed by atoms with Crippen molar-refractivity contribution in [1.29, 1.82) is 0 Å². The van der Waals surface area contributed by atoms with E-state index in [1.807, 2.05) is 13.8 Å². The molecule has 0 N–H and O–H groups in total. The van der Waals surface area contributed by atoms with Crippen molar-refractivity contribution in [2.45, 2.75) is 66.7 Å². The van der Waals surface area contributed by atoms with Crippen LogP contribution in [-0.4, -0.2) is 5.78 Å². The average Bonchev–Trinajstić information content (AvgIpc) is 2.28. The Bertz CT molecular complexity index is 284. The Morgan fingerprint density at radius 2 is 1.83 bits per heavy atom. The normalized spacial score (nSPS) is 14.4. The van der Waals surface area contributed by atoms with Crippen molar-refractivity contribution in [2.24, 2.45) is 11.8 Å². The third-order valence-electron chi connectivity index (χ3n) is 3.13. The molecule has 0 aromatic heterocycles. The van der Waals surface area contributed by atoms with Crippen LogP contribution in [0.25, 0.3) is 0 Å². The lowest BCUT2D eigenvalue weighted by Crippen LogP contribution is -1.95. The van der Waals surface area contributed by atoms with Crippen LogP contribution in [-0.2, 0) is 4.79 Å². The second kappa shape index (κ2) is 10.1. The van der Waals surface area contributed by atoms with Gasteiger partial charge in [-0.05, 0) is 36.8 Å². The molecule has 0 amide bonds. The zero-order chi connectivity index (χ0) is 14.0. The second-order valence-corrected chi connectivity index (χ2v) is 5.78. The maximum Gasteiger partial charge on any atom is 0.155 e. The van der Waals surface area contributed by atoms with Gasteiger partial charge in [0.15, 0.2) is 5.78 Å². The molecular formula is C17H30O. The van der Waals surface area contributed by atoms with Crippen molar-refractivity contribution in [2.75, 3.05) is 0 Å². The quantitative estimate of drug-likeness (QED) is 0.400. The Labute approximate surface area is 113 Å². The van der Waals surface area contributed by atoms with E-state index in [1.165, 1.54) is 19.3 Å². The van der Waals surface area contributed by atoms with E-state index in [0.29, 0.717) is 6.42 Å². The van der Waals surface area contributed by atoms with Crippen LogP contribution in [0.1, 0.15) is 66.7 Å². The van der Waals surface area contributed by atoms with Gasteiger partial charge in [-0.3, -0.25) is 4.79 Å². The lowest BCUT2D eigenvalue weighted by atomic mass is 9.97. The number of hydrogen-bond donors (Lipinski definition) is 0. The summed E-state index contributed by atoms with van der Waals surface area (Å²) in [5, 5.41) is 0. The predicted molar refractivity (Wildman–Crippen MR) is 80.7 cm³/mol.